The van der Waals surface area contributed by atoms with Crippen molar-refractivity contribution in [2.45, 2.75) is 0 Å². The van der Waals surface area contributed by atoms with Crippen LogP contribution >= 0.6 is 15.9 Å². The number of hydrogen-bond acceptors (Lipinski definition) is 2. The van der Waals surface area contributed by atoms with Crippen molar-refractivity contribution in [1.29, 1.82) is 5.26 Å². The van der Waals surface area contributed by atoms with E-state index >= 15 is 0 Å². The molecule has 3 nitrogen and oxygen atoms in total. The van der Waals surface area contributed by atoms with E-state index in [-0.39, 0.29) is 5.78 Å². The van der Waals surface area contributed by atoms with Gasteiger partial charge in [-0.15, -0.1) is 0 Å². The predicted molar refractivity (Wildman–Crippen MR) is 97.2 cm³/mol. The number of ketones is 1. The molecule has 0 fully saturated rings. The third-order valence-electron chi connectivity index (χ3n) is 4.12. The Balaban J connectivity index is 2.00. The molecule has 0 atom stereocenters. The number of halogens is 1. The first-order chi connectivity index (χ1) is 11.7. The summed E-state index contributed by atoms with van der Waals surface area (Å²) in [5.41, 5.74) is 2.37. The van der Waals surface area contributed by atoms with Crippen LogP contribution in [0.3, 0.4) is 0 Å². The number of aromatic nitrogens is 1. The molecule has 0 spiro atoms. The highest BCUT2D eigenvalue weighted by Gasteiger charge is 2.18. The molecular formula is C20H11BrN2O. The Morgan fingerprint density at radius 3 is 2.54 bits per heavy atom. The zero-order chi connectivity index (χ0) is 16.7. The number of fused-ring (bicyclic) bond motifs is 3. The first kappa shape index (κ1) is 14.7. The van der Waals surface area contributed by atoms with Gasteiger partial charge in [-0.25, -0.2) is 0 Å². The van der Waals surface area contributed by atoms with Gasteiger partial charge in [0.05, 0.1) is 16.8 Å². The standard InChI is InChI=1S/C20H11BrN2O/c21-16-7-5-14(6-8-16)20(24)18-11-15(12-22)19-17-4-2-1-3-13(17)9-10-23(18)19/h1-11H. The zero-order valence-corrected chi connectivity index (χ0v) is 14.1. The highest BCUT2D eigenvalue weighted by atomic mass is 79.9. The second kappa shape index (κ2) is 5.63. The van der Waals surface area contributed by atoms with Crippen LogP contribution in [0.5, 0.6) is 0 Å². The molecule has 0 aliphatic rings. The first-order valence-corrected chi connectivity index (χ1v) is 8.21. The van der Waals surface area contributed by atoms with Crippen molar-refractivity contribution >= 4 is 38.0 Å². The van der Waals surface area contributed by atoms with Crippen LogP contribution < -0.4 is 0 Å². The fourth-order valence-corrected chi connectivity index (χ4v) is 3.24. The van der Waals surface area contributed by atoms with E-state index in [9.17, 15) is 10.1 Å². The summed E-state index contributed by atoms with van der Waals surface area (Å²) in [7, 11) is 0. The maximum atomic E-state index is 12.9. The minimum atomic E-state index is -0.103. The molecule has 2 aromatic heterocycles. The lowest BCUT2D eigenvalue weighted by molar-refractivity contribution is 0.103. The monoisotopic (exact) mass is 374 g/mol. The minimum Gasteiger partial charge on any atom is -0.312 e. The summed E-state index contributed by atoms with van der Waals surface area (Å²) >= 11 is 3.37. The summed E-state index contributed by atoms with van der Waals surface area (Å²) in [6.07, 6.45) is 1.85. The molecule has 4 rings (SSSR count). The van der Waals surface area contributed by atoms with E-state index in [1.54, 1.807) is 18.2 Å². The third kappa shape index (κ3) is 2.22. The average molecular weight is 375 g/mol. The Morgan fingerprint density at radius 1 is 1.04 bits per heavy atom. The lowest BCUT2D eigenvalue weighted by atomic mass is 10.1. The number of carbonyl (C=O) groups excluding carboxylic acids is 1. The minimum absolute atomic E-state index is 0.103. The van der Waals surface area contributed by atoms with Gasteiger partial charge in [0, 0.05) is 21.6 Å². The zero-order valence-electron chi connectivity index (χ0n) is 12.5. The second-order valence-electron chi connectivity index (χ2n) is 5.51. The van der Waals surface area contributed by atoms with Gasteiger partial charge in [0.25, 0.3) is 0 Å². The molecule has 0 saturated heterocycles. The van der Waals surface area contributed by atoms with Crippen molar-refractivity contribution in [1.82, 2.24) is 4.40 Å². The second-order valence-corrected chi connectivity index (χ2v) is 6.43. The highest BCUT2D eigenvalue weighted by Crippen LogP contribution is 2.27. The molecule has 0 bridgehead atoms. The van der Waals surface area contributed by atoms with Crippen molar-refractivity contribution < 1.29 is 4.79 Å². The number of carbonyl (C=O) groups is 1. The molecule has 0 radical (unpaired) electrons. The van der Waals surface area contributed by atoms with Crippen LogP contribution in [0.1, 0.15) is 21.6 Å². The van der Waals surface area contributed by atoms with Crippen LogP contribution in [0.15, 0.2) is 71.3 Å². The van der Waals surface area contributed by atoms with Gasteiger partial charge in [-0.05, 0) is 41.8 Å². The normalized spacial score (nSPS) is 10.8. The molecule has 0 amide bonds. The topological polar surface area (TPSA) is 45.3 Å². The quantitative estimate of drug-likeness (QED) is 0.465. The molecular weight excluding hydrogens is 364 g/mol. The van der Waals surface area contributed by atoms with E-state index in [1.807, 2.05) is 53.1 Å². The molecule has 2 aromatic carbocycles. The number of benzene rings is 2. The Labute approximate surface area is 146 Å². The van der Waals surface area contributed by atoms with E-state index < -0.39 is 0 Å². The first-order valence-electron chi connectivity index (χ1n) is 7.42. The fraction of sp³-hybridized carbons (Fsp3) is 0. The molecule has 4 heteroatoms. The van der Waals surface area contributed by atoms with Gasteiger partial charge < -0.3 is 4.40 Å². The van der Waals surface area contributed by atoms with E-state index in [4.69, 9.17) is 0 Å². The van der Waals surface area contributed by atoms with Gasteiger partial charge in [0.2, 0.25) is 5.78 Å². The summed E-state index contributed by atoms with van der Waals surface area (Å²) in [6.45, 7) is 0. The van der Waals surface area contributed by atoms with E-state index in [0.29, 0.717) is 16.8 Å². The predicted octanol–water partition coefficient (Wildman–Crippen LogP) is 4.96. The van der Waals surface area contributed by atoms with Gasteiger partial charge in [-0.1, -0.05) is 40.2 Å². The third-order valence-corrected chi connectivity index (χ3v) is 4.64. The van der Waals surface area contributed by atoms with Crippen LogP contribution in [0, 0.1) is 11.3 Å². The largest absolute Gasteiger partial charge is 0.312 e. The van der Waals surface area contributed by atoms with Crippen molar-refractivity contribution in [2.24, 2.45) is 0 Å². The Kier molecular flexibility index (Phi) is 3.44. The van der Waals surface area contributed by atoms with Crippen LogP contribution in [0.25, 0.3) is 16.3 Å². The number of rotatable bonds is 2. The number of nitrogens with zero attached hydrogens (tertiary/aromatic N) is 2. The molecule has 114 valence electrons. The maximum Gasteiger partial charge on any atom is 0.209 e. The van der Waals surface area contributed by atoms with Crippen molar-refractivity contribution in [3.05, 3.63) is 88.2 Å². The van der Waals surface area contributed by atoms with Crippen LogP contribution in [0.4, 0.5) is 0 Å². The van der Waals surface area contributed by atoms with Crippen LogP contribution in [-0.4, -0.2) is 10.2 Å². The SMILES string of the molecule is N#Cc1cc(C(=O)c2ccc(Br)cc2)n2ccc3ccccc3c12. The van der Waals surface area contributed by atoms with Crippen LogP contribution in [0.2, 0.25) is 0 Å². The average Bonchev–Trinajstić information content (AvgIpc) is 3.01. The van der Waals surface area contributed by atoms with Gasteiger partial charge in [0.1, 0.15) is 6.07 Å². The lowest BCUT2D eigenvalue weighted by Gasteiger charge is -2.05. The molecule has 0 aliphatic heterocycles. The molecule has 0 aliphatic carbocycles. The maximum absolute atomic E-state index is 12.9. The number of pyridine rings is 1. The summed E-state index contributed by atoms with van der Waals surface area (Å²) in [4.78, 5) is 12.9. The van der Waals surface area contributed by atoms with Crippen molar-refractivity contribution in [3.8, 4) is 6.07 Å². The molecule has 0 unspecified atom stereocenters. The number of hydrogen-bond donors (Lipinski definition) is 0. The molecule has 4 aromatic rings. The van der Waals surface area contributed by atoms with Gasteiger partial charge >= 0.3 is 0 Å². The molecule has 0 N–H and O–H groups in total. The van der Waals surface area contributed by atoms with E-state index in [2.05, 4.69) is 22.0 Å². The summed E-state index contributed by atoms with van der Waals surface area (Å²) in [5, 5.41) is 11.5. The van der Waals surface area contributed by atoms with Crippen molar-refractivity contribution in [3.63, 3.8) is 0 Å². The molecule has 2 heterocycles. The van der Waals surface area contributed by atoms with Crippen molar-refractivity contribution in [2.75, 3.05) is 0 Å². The molecule has 24 heavy (non-hydrogen) atoms. The van der Waals surface area contributed by atoms with Gasteiger partial charge in [0.15, 0.2) is 0 Å². The number of nitriles is 1. The summed E-state index contributed by atoms with van der Waals surface area (Å²) in [5.74, 6) is -0.103. The van der Waals surface area contributed by atoms with E-state index in [1.165, 1.54) is 0 Å². The van der Waals surface area contributed by atoms with Gasteiger partial charge in [-0.2, -0.15) is 5.26 Å². The van der Waals surface area contributed by atoms with Gasteiger partial charge in [-0.3, -0.25) is 4.79 Å². The fourth-order valence-electron chi connectivity index (χ4n) is 2.98. The Hall–Kier alpha value is -2.90. The highest BCUT2D eigenvalue weighted by molar-refractivity contribution is 9.10. The molecule has 0 saturated carbocycles. The van der Waals surface area contributed by atoms with E-state index in [0.717, 1.165) is 20.8 Å². The Morgan fingerprint density at radius 2 is 1.79 bits per heavy atom. The smallest absolute Gasteiger partial charge is 0.209 e. The Bertz CT molecular complexity index is 1130. The summed E-state index contributed by atoms with van der Waals surface area (Å²) < 4.78 is 2.73. The lowest BCUT2D eigenvalue weighted by Crippen LogP contribution is -2.04. The van der Waals surface area contributed by atoms with Crippen LogP contribution in [-0.2, 0) is 0 Å². The summed E-state index contributed by atoms with van der Waals surface area (Å²) in [6, 6.07) is 20.9.